The molecule has 0 saturated heterocycles. The highest BCUT2D eigenvalue weighted by atomic mass is 16.5. The molecular formula is C28H36N2O3. The monoisotopic (exact) mass is 448 g/mol. The maximum atomic E-state index is 13.1. The number of carbonyl (C=O) groups excluding carboxylic acids is 1. The molecule has 5 nitrogen and oxygen atoms in total. The Hall–Kier alpha value is -3.05. The Morgan fingerprint density at radius 3 is 1.94 bits per heavy atom. The Morgan fingerprint density at radius 2 is 1.45 bits per heavy atom. The number of hydrogen-bond acceptors (Lipinski definition) is 5. The predicted octanol–water partition coefficient (Wildman–Crippen LogP) is 6.39. The van der Waals surface area contributed by atoms with Gasteiger partial charge in [-0.2, -0.15) is 0 Å². The molecule has 0 aliphatic heterocycles. The maximum Gasteiger partial charge on any atom is 0.342 e. The number of methoxy groups -OCH3 is 1. The number of ether oxygens (including phenoxy) is 1. The zero-order chi connectivity index (χ0) is 24.2. The van der Waals surface area contributed by atoms with Gasteiger partial charge in [0.15, 0.2) is 5.76 Å². The average Bonchev–Trinajstić information content (AvgIpc) is 3.16. The third-order valence-electron chi connectivity index (χ3n) is 5.42. The largest absolute Gasteiger partial charge is 0.465 e. The van der Waals surface area contributed by atoms with E-state index in [1.54, 1.807) is 0 Å². The van der Waals surface area contributed by atoms with E-state index in [4.69, 9.17) is 9.15 Å². The molecular weight excluding hydrogens is 412 g/mol. The molecule has 3 aromatic rings. The van der Waals surface area contributed by atoms with Gasteiger partial charge in [0, 0.05) is 29.7 Å². The summed E-state index contributed by atoms with van der Waals surface area (Å²) >= 11 is 0. The number of nitrogens with one attached hydrogen (secondary N) is 1. The van der Waals surface area contributed by atoms with Crippen LogP contribution in [0.4, 0.5) is 5.88 Å². The number of carbonyl (C=O) groups is 1. The van der Waals surface area contributed by atoms with E-state index in [0.717, 1.165) is 23.2 Å². The van der Waals surface area contributed by atoms with Gasteiger partial charge in [0.1, 0.15) is 5.56 Å². The third-order valence-corrected chi connectivity index (χ3v) is 5.42. The molecule has 0 amide bonds. The average molecular weight is 449 g/mol. The Balaban J connectivity index is 2.26. The number of hydrogen-bond donors (Lipinski definition) is 1. The number of anilines is 1. The molecule has 1 heterocycles. The summed E-state index contributed by atoms with van der Waals surface area (Å²) in [7, 11) is 1.41. The highest BCUT2D eigenvalue weighted by molar-refractivity contribution is 6.06. The van der Waals surface area contributed by atoms with Crippen molar-refractivity contribution < 1.29 is 13.9 Å². The highest BCUT2D eigenvalue weighted by Gasteiger charge is 2.34. The zero-order valence-electron chi connectivity index (χ0n) is 20.9. The molecule has 1 aromatic heterocycles. The van der Waals surface area contributed by atoms with Crippen LogP contribution in [0.2, 0.25) is 0 Å². The van der Waals surface area contributed by atoms with E-state index in [0.29, 0.717) is 23.8 Å². The smallest absolute Gasteiger partial charge is 0.342 e. The maximum absolute atomic E-state index is 13.1. The lowest BCUT2D eigenvalue weighted by atomic mass is 9.97. The Kier molecular flexibility index (Phi) is 7.33. The lowest BCUT2D eigenvalue weighted by molar-refractivity contribution is 0.0602. The van der Waals surface area contributed by atoms with Crippen molar-refractivity contribution in [2.75, 3.05) is 25.1 Å². The van der Waals surface area contributed by atoms with Crippen molar-refractivity contribution in [1.29, 1.82) is 0 Å². The molecule has 0 aliphatic carbocycles. The summed E-state index contributed by atoms with van der Waals surface area (Å²) in [5.41, 5.74) is 2.71. The van der Waals surface area contributed by atoms with Crippen molar-refractivity contribution in [3.8, 4) is 22.5 Å². The SMILES string of the molecule is COC(=O)c1c(-c2ccccc2)oc(N(CCNC(C)(C)C)C(C)(C)C)c1-c1ccccc1. The van der Waals surface area contributed by atoms with Crippen LogP contribution in [-0.2, 0) is 4.74 Å². The van der Waals surface area contributed by atoms with Crippen LogP contribution in [0.25, 0.3) is 22.5 Å². The minimum absolute atomic E-state index is 0.00134. The third kappa shape index (κ3) is 5.85. The summed E-state index contributed by atoms with van der Waals surface area (Å²) in [4.78, 5) is 15.3. The number of rotatable bonds is 7. The Labute approximate surface area is 197 Å². The lowest BCUT2D eigenvalue weighted by Gasteiger charge is -2.37. The first kappa shape index (κ1) is 24.6. The molecule has 3 rings (SSSR count). The molecule has 0 bridgehead atoms. The highest BCUT2D eigenvalue weighted by Crippen LogP contribution is 2.45. The van der Waals surface area contributed by atoms with Gasteiger partial charge >= 0.3 is 5.97 Å². The van der Waals surface area contributed by atoms with Crippen LogP contribution in [0.3, 0.4) is 0 Å². The fraction of sp³-hybridized carbons (Fsp3) is 0.393. The number of benzene rings is 2. The molecule has 0 radical (unpaired) electrons. The zero-order valence-corrected chi connectivity index (χ0v) is 20.9. The number of nitrogens with zero attached hydrogens (tertiary/aromatic N) is 1. The molecule has 176 valence electrons. The van der Waals surface area contributed by atoms with E-state index in [2.05, 4.69) is 51.8 Å². The molecule has 0 aliphatic rings. The minimum Gasteiger partial charge on any atom is -0.465 e. The summed E-state index contributed by atoms with van der Waals surface area (Å²) < 4.78 is 11.8. The topological polar surface area (TPSA) is 54.7 Å². The van der Waals surface area contributed by atoms with E-state index in [1.807, 2.05) is 60.7 Å². The van der Waals surface area contributed by atoms with Crippen molar-refractivity contribution in [3.63, 3.8) is 0 Å². The molecule has 0 spiro atoms. The van der Waals surface area contributed by atoms with Crippen molar-refractivity contribution in [2.45, 2.75) is 52.6 Å². The van der Waals surface area contributed by atoms with Gasteiger partial charge in [-0.05, 0) is 47.1 Å². The first-order valence-electron chi connectivity index (χ1n) is 11.4. The fourth-order valence-electron chi connectivity index (χ4n) is 3.86. The standard InChI is InChI=1S/C28H36N2O3/c1-27(2,3)29-18-19-30(28(4,5)6)25-22(20-14-10-8-11-15-20)23(26(31)32-7)24(33-25)21-16-12-9-13-17-21/h8-17,29H,18-19H2,1-7H3. The second-order valence-electron chi connectivity index (χ2n) is 10.2. The quantitative estimate of drug-likeness (QED) is 0.424. The number of furan rings is 1. The van der Waals surface area contributed by atoms with E-state index in [9.17, 15) is 4.79 Å². The van der Waals surface area contributed by atoms with Crippen LogP contribution in [0.15, 0.2) is 65.1 Å². The molecule has 0 saturated carbocycles. The first-order chi connectivity index (χ1) is 15.5. The van der Waals surface area contributed by atoms with Crippen molar-refractivity contribution in [1.82, 2.24) is 5.32 Å². The van der Waals surface area contributed by atoms with E-state index in [-0.39, 0.29) is 11.1 Å². The van der Waals surface area contributed by atoms with Gasteiger partial charge in [-0.3, -0.25) is 0 Å². The van der Waals surface area contributed by atoms with Crippen LogP contribution in [0, 0.1) is 0 Å². The second-order valence-corrected chi connectivity index (χ2v) is 10.2. The van der Waals surface area contributed by atoms with Crippen LogP contribution in [0.1, 0.15) is 51.9 Å². The van der Waals surface area contributed by atoms with Crippen LogP contribution in [0.5, 0.6) is 0 Å². The van der Waals surface area contributed by atoms with Gasteiger partial charge in [-0.15, -0.1) is 0 Å². The molecule has 33 heavy (non-hydrogen) atoms. The Bertz CT molecular complexity index is 1060. The molecule has 0 unspecified atom stereocenters. The van der Waals surface area contributed by atoms with Crippen molar-refractivity contribution in [2.24, 2.45) is 0 Å². The molecule has 0 atom stereocenters. The second kappa shape index (κ2) is 9.84. The van der Waals surface area contributed by atoms with Gasteiger partial charge in [-0.1, -0.05) is 60.7 Å². The molecule has 2 aromatic carbocycles. The normalized spacial score (nSPS) is 12.0. The predicted molar refractivity (Wildman–Crippen MR) is 136 cm³/mol. The molecule has 0 fully saturated rings. The van der Waals surface area contributed by atoms with Crippen molar-refractivity contribution >= 4 is 11.9 Å². The minimum atomic E-state index is -0.413. The van der Waals surface area contributed by atoms with Gasteiger partial charge in [0.2, 0.25) is 5.88 Å². The van der Waals surface area contributed by atoms with E-state index < -0.39 is 5.97 Å². The summed E-state index contributed by atoms with van der Waals surface area (Å²) in [6.45, 7) is 14.4. The summed E-state index contributed by atoms with van der Waals surface area (Å²) in [6, 6.07) is 19.6. The first-order valence-corrected chi connectivity index (χ1v) is 11.4. The molecule has 1 N–H and O–H groups in total. The van der Waals surface area contributed by atoms with Gasteiger partial charge in [0.05, 0.1) is 12.7 Å². The van der Waals surface area contributed by atoms with Gasteiger partial charge < -0.3 is 19.4 Å². The van der Waals surface area contributed by atoms with Gasteiger partial charge in [-0.25, -0.2) is 4.79 Å². The Morgan fingerprint density at radius 1 is 0.909 bits per heavy atom. The number of esters is 1. The van der Waals surface area contributed by atoms with E-state index in [1.165, 1.54) is 7.11 Å². The lowest BCUT2D eigenvalue weighted by Crippen LogP contribution is -2.48. The van der Waals surface area contributed by atoms with Crippen LogP contribution >= 0.6 is 0 Å². The van der Waals surface area contributed by atoms with E-state index >= 15 is 0 Å². The van der Waals surface area contributed by atoms with Gasteiger partial charge in [0.25, 0.3) is 0 Å². The fourth-order valence-corrected chi connectivity index (χ4v) is 3.86. The summed E-state index contributed by atoms with van der Waals surface area (Å²) in [6.07, 6.45) is 0. The summed E-state index contributed by atoms with van der Waals surface area (Å²) in [5, 5.41) is 3.57. The van der Waals surface area contributed by atoms with Crippen LogP contribution < -0.4 is 10.2 Å². The van der Waals surface area contributed by atoms with Crippen molar-refractivity contribution in [3.05, 3.63) is 66.2 Å². The summed E-state index contributed by atoms with van der Waals surface area (Å²) in [5.74, 6) is 0.780. The molecule has 5 heteroatoms. The van der Waals surface area contributed by atoms with Crippen LogP contribution in [-0.4, -0.2) is 37.2 Å².